The summed E-state index contributed by atoms with van der Waals surface area (Å²) in [6.45, 7) is 4.03. The molecule has 2 nitrogen and oxygen atoms in total. The number of rotatable bonds is 3. The van der Waals surface area contributed by atoms with Crippen LogP contribution in [-0.4, -0.2) is 23.1 Å². The first kappa shape index (κ1) is 18.1. The zero-order valence-electron chi connectivity index (χ0n) is 15.6. The summed E-state index contributed by atoms with van der Waals surface area (Å²) in [5.74, 6) is 0. The number of para-hydroxylation sites is 1. The highest BCUT2D eigenvalue weighted by Gasteiger charge is 2.30. The molecule has 27 heavy (non-hydrogen) atoms. The van der Waals surface area contributed by atoms with E-state index in [9.17, 15) is 13.2 Å². The van der Waals surface area contributed by atoms with Crippen LogP contribution in [0.3, 0.4) is 0 Å². The molecule has 1 atom stereocenters. The Morgan fingerprint density at radius 2 is 1.74 bits per heavy atom. The number of fused-ring (bicyclic) bond motifs is 3. The second-order valence-electron chi connectivity index (χ2n) is 7.38. The maximum Gasteiger partial charge on any atom is 0.416 e. The number of hydrogen-bond donors (Lipinski definition) is 0. The van der Waals surface area contributed by atoms with E-state index in [1.807, 2.05) is 0 Å². The third-order valence-electron chi connectivity index (χ3n) is 5.81. The number of likely N-dealkylation sites (N-methyl/N-ethyl adjacent to an activating group) is 1. The lowest BCUT2D eigenvalue weighted by Gasteiger charge is -2.31. The molecule has 0 aliphatic carbocycles. The fourth-order valence-corrected chi connectivity index (χ4v) is 4.17. The van der Waals surface area contributed by atoms with Gasteiger partial charge in [-0.05, 0) is 49.7 Å². The first-order chi connectivity index (χ1) is 12.9. The molecular weight excluding hydrogens is 349 g/mol. The summed E-state index contributed by atoms with van der Waals surface area (Å²) in [4.78, 5) is 2.37. The SMILES string of the molecule is CC1c2c(n(CCc3ccc(C(F)(F)F)cc3)c3ccccc23)CCN1C. The molecule has 2 aromatic carbocycles. The van der Waals surface area contributed by atoms with Crippen molar-refractivity contribution in [2.24, 2.45) is 0 Å². The number of aromatic nitrogens is 1. The van der Waals surface area contributed by atoms with Crippen LogP contribution in [-0.2, 0) is 25.6 Å². The molecule has 1 aliphatic rings. The van der Waals surface area contributed by atoms with Gasteiger partial charge in [0.1, 0.15) is 0 Å². The van der Waals surface area contributed by atoms with Gasteiger partial charge in [0.25, 0.3) is 0 Å². The zero-order valence-corrected chi connectivity index (χ0v) is 15.6. The minimum Gasteiger partial charge on any atom is -0.344 e. The van der Waals surface area contributed by atoms with E-state index in [4.69, 9.17) is 0 Å². The molecule has 0 saturated heterocycles. The zero-order chi connectivity index (χ0) is 19.2. The number of alkyl halides is 3. The Morgan fingerprint density at radius 1 is 1.04 bits per heavy atom. The van der Waals surface area contributed by atoms with Crippen molar-refractivity contribution in [3.05, 3.63) is 70.9 Å². The lowest BCUT2D eigenvalue weighted by Crippen LogP contribution is -2.31. The molecule has 142 valence electrons. The maximum atomic E-state index is 12.8. The van der Waals surface area contributed by atoms with Crippen LogP contribution in [0.15, 0.2) is 48.5 Å². The lowest BCUT2D eigenvalue weighted by molar-refractivity contribution is -0.137. The highest BCUT2D eigenvalue weighted by molar-refractivity contribution is 5.86. The minimum absolute atomic E-state index is 0.367. The van der Waals surface area contributed by atoms with Crippen LogP contribution in [0.2, 0.25) is 0 Å². The molecule has 0 radical (unpaired) electrons. The van der Waals surface area contributed by atoms with Gasteiger partial charge in [-0.3, -0.25) is 4.90 Å². The average molecular weight is 372 g/mol. The fraction of sp³-hybridized carbons (Fsp3) is 0.364. The van der Waals surface area contributed by atoms with Gasteiger partial charge in [0.05, 0.1) is 5.56 Å². The highest BCUT2D eigenvalue weighted by Crippen LogP contribution is 2.37. The summed E-state index contributed by atoms with van der Waals surface area (Å²) in [6.07, 6.45) is -2.57. The van der Waals surface area contributed by atoms with Gasteiger partial charge in [0.2, 0.25) is 0 Å². The summed E-state index contributed by atoms with van der Waals surface area (Å²) in [5.41, 5.74) is 4.32. The van der Waals surface area contributed by atoms with Crippen molar-refractivity contribution in [2.75, 3.05) is 13.6 Å². The Labute approximate surface area is 157 Å². The van der Waals surface area contributed by atoms with Gasteiger partial charge in [0.15, 0.2) is 0 Å². The maximum absolute atomic E-state index is 12.8. The van der Waals surface area contributed by atoms with Gasteiger partial charge in [-0.1, -0.05) is 30.3 Å². The van der Waals surface area contributed by atoms with Crippen molar-refractivity contribution in [3.8, 4) is 0 Å². The van der Waals surface area contributed by atoms with Crippen LogP contribution in [0.5, 0.6) is 0 Å². The number of halogens is 3. The van der Waals surface area contributed by atoms with Crippen LogP contribution >= 0.6 is 0 Å². The van der Waals surface area contributed by atoms with E-state index in [2.05, 4.69) is 47.7 Å². The fourth-order valence-electron chi connectivity index (χ4n) is 4.17. The van der Waals surface area contributed by atoms with E-state index in [1.54, 1.807) is 12.1 Å². The molecule has 0 saturated carbocycles. The third kappa shape index (κ3) is 3.25. The second-order valence-corrected chi connectivity index (χ2v) is 7.38. The molecule has 1 aromatic heterocycles. The molecule has 0 N–H and O–H groups in total. The number of benzene rings is 2. The quantitative estimate of drug-likeness (QED) is 0.593. The van der Waals surface area contributed by atoms with E-state index in [0.717, 1.165) is 25.1 Å². The van der Waals surface area contributed by atoms with Crippen molar-refractivity contribution in [1.29, 1.82) is 0 Å². The van der Waals surface area contributed by atoms with Gasteiger partial charge >= 0.3 is 6.18 Å². The molecule has 0 bridgehead atoms. The molecule has 0 spiro atoms. The Morgan fingerprint density at radius 3 is 2.44 bits per heavy atom. The molecule has 5 heteroatoms. The molecule has 1 unspecified atom stereocenters. The van der Waals surface area contributed by atoms with Crippen LogP contribution < -0.4 is 0 Å². The van der Waals surface area contributed by atoms with Gasteiger partial charge in [0, 0.05) is 42.1 Å². The highest BCUT2D eigenvalue weighted by atomic mass is 19.4. The monoisotopic (exact) mass is 372 g/mol. The van der Waals surface area contributed by atoms with Crippen molar-refractivity contribution in [3.63, 3.8) is 0 Å². The average Bonchev–Trinajstić information content (AvgIpc) is 2.97. The smallest absolute Gasteiger partial charge is 0.344 e. The number of nitrogens with zero attached hydrogens (tertiary/aromatic N) is 2. The summed E-state index contributed by atoms with van der Waals surface area (Å²) in [5, 5.41) is 1.29. The normalized spacial score (nSPS) is 18.0. The molecule has 2 heterocycles. The van der Waals surface area contributed by atoms with Crippen LogP contribution in [0.1, 0.15) is 35.3 Å². The lowest BCUT2D eigenvalue weighted by atomic mass is 9.97. The van der Waals surface area contributed by atoms with Crippen molar-refractivity contribution in [1.82, 2.24) is 9.47 Å². The first-order valence-corrected chi connectivity index (χ1v) is 9.32. The summed E-state index contributed by atoms with van der Waals surface area (Å²) < 4.78 is 40.6. The minimum atomic E-state index is -4.28. The van der Waals surface area contributed by atoms with Crippen LogP contribution in [0.4, 0.5) is 13.2 Å². The molecule has 3 aromatic rings. The Hall–Kier alpha value is -2.27. The summed E-state index contributed by atoms with van der Waals surface area (Å²) in [6, 6.07) is 14.4. The van der Waals surface area contributed by atoms with Gasteiger partial charge in [-0.2, -0.15) is 13.2 Å². The molecule has 1 aliphatic heterocycles. The van der Waals surface area contributed by atoms with Crippen molar-refractivity contribution < 1.29 is 13.2 Å². The Kier molecular flexibility index (Phi) is 4.50. The summed E-state index contributed by atoms with van der Waals surface area (Å²) in [7, 11) is 2.15. The van der Waals surface area contributed by atoms with Crippen molar-refractivity contribution in [2.45, 2.75) is 38.5 Å². The van der Waals surface area contributed by atoms with E-state index in [0.29, 0.717) is 12.5 Å². The summed E-state index contributed by atoms with van der Waals surface area (Å²) >= 11 is 0. The Bertz CT molecular complexity index is 954. The molecule has 0 fully saturated rings. The number of aryl methyl sites for hydroxylation is 2. The number of hydrogen-bond acceptors (Lipinski definition) is 1. The largest absolute Gasteiger partial charge is 0.416 e. The van der Waals surface area contributed by atoms with Crippen LogP contribution in [0.25, 0.3) is 10.9 Å². The Balaban J connectivity index is 1.65. The standard InChI is InChI=1S/C22H23F3N2/c1-15-21-18-5-3-4-6-19(18)27(20(21)12-13-26(15)2)14-11-16-7-9-17(10-8-16)22(23,24)25/h3-10,15H,11-14H2,1-2H3. The van der Waals surface area contributed by atoms with E-state index in [1.165, 1.54) is 34.3 Å². The molecule has 4 rings (SSSR count). The predicted molar refractivity (Wildman–Crippen MR) is 102 cm³/mol. The van der Waals surface area contributed by atoms with Gasteiger partial charge in [-0.15, -0.1) is 0 Å². The van der Waals surface area contributed by atoms with Gasteiger partial charge < -0.3 is 4.57 Å². The van der Waals surface area contributed by atoms with Gasteiger partial charge in [-0.25, -0.2) is 0 Å². The van der Waals surface area contributed by atoms with E-state index >= 15 is 0 Å². The van der Waals surface area contributed by atoms with Crippen LogP contribution in [0, 0.1) is 0 Å². The first-order valence-electron chi connectivity index (χ1n) is 9.32. The molecule has 0 amide bonds. The third-order valence-corrected chi connectivity index (χ3v) is 5.81. The molecular formula is C22H23F3N2. The second kappa shape index (κ2) is 6.71. The van der Waals surface area contributed by atoms with Crippen molar-refractivity contribution >= 4 is 10.9 Å². The topological polar surface area (TPSA) is 8.17 Å². The van der Waals surface area contributed by atoms with E-state index < -0.39 is 11.7 Å². The predicted octanol–water partition coefficient (Wildman–Crippen LogP) is 5.45. The van der Waals surface area contributed by atoms with E-state index in [-0.39, 0.29) is 0 Å².